The summed E-state index contributed by atoms with van der Waals surface area (Å²) in [5.41, 5.74) is 1.22. The van der Waals surface area contributed by atoms with Gasteiger partial charge in [-0.2, -0.15) is 0 Å². The van der Waals surface area contributed by atoms with Crippen molar-refractivity contribution < 1.29 is 33.2 Å². The van der Waals surface area contributed by atoms with E-state index in [0.29, 0.717) is 44.2 Å². The summed E-state index contributed by atoms with van der Waals surface area (Å²) in [5, 5.41) is 0. The Hall–Kier alpha value is -1.35. The average Bonchev–Trinajstić information content (AvgIpc) is 2.64. The van der Waals surface area contributed by atoms with Crippen molar-refractivity contribution in [3.05, 3.63) is 35.4 Å². The van der Waals surface area contributed by atoms with E-state index in [1.54, 1.807) is 31.4 Å². The van der Waals surface area contributed by atoms with E-state index in [1.807, 2.05) is 0 Å². The Bertz CT molecular complexity index is 443. The lowest BCUT2D eigenvalue weighted by molar-refractivity contribution is -0.376. The number of carbonyl (C=O) groups excluding carboxylic acids is 1. The Kier molecular flexibility index (Phi) is 10.4. The van der Waals surface area contributed by atoms with Crippen LogP contribution in [0.4, 0.5) is 0 Å². The van der Waals surface area contributed by atoms with Crippen molar-refractivity contribution in [3.63, 3.8) is 0 Å². The minimum Gasteiger partial charge on any atom is -0.382 e. The van der Waals surface area contributed by atoms with Gasteiger partial charge >= 0.3 is 5.97 Å². The van der Waals surface area contributed by atoms with Crippen LogP contribution in [-0.4, -0.2) is 67.3 Å². The van der Waals surface area contributed by atoms with Crippen LogP contribution >= 0.6 is 0 Å². The highest BCUT2D eigenvalue weighted by molar-refractivity contribution is 5.74. The first-order valence-corrected chi connectivity index (χ1v) is 7.66. The van der Waals surface area contributed by atoms with Gasteiger partial charge in [0.15, 0.2) is 0 Å². The maximum atomic E-state index is 10.7. The normalized spacial score (nSPS) is 11.6. The van der Waals surface area contributed by atoms with Crippen molar-refractivity contribution in [3.8, 4) is 0 Å². The second kappa shape index (κ2) is 12.1. The first-order chi connectivity index (χ1) is 11.7. The molecule has 0 spiro atoms. The minimum atomic E-state index is -1.33. The second-order valence-corrected chi connectivity index (χ2v) is 4.77. The van der Waals surface area contributed by atoms with Crippen molar-refractivity contribution >= 4 is 6.29 Å². The molecule has 0 atom stereocenters. The van der Waals surface area contributed by atoms with Gasteiger partial charge in [-0.25, -0.2) is 0 Å². The van der Waals surface area contributed by atoms with E-state index in [0.717, 1.165) is 6.29 Å². The summed E-state index contributed by atoms with van der Waals surface area (Å²) in [6.07, 6.45) is 0.772. The number of rotatable bonds is 14. The third-order valence-electron chi connectivity index (χ3n) is 3.26. The summed E-state index contributed by atoms with van der Waals surface area (Å²) in [6, 6.07) is 6.79. The van der Waals surface area contributed by atoms with Gasteiger partial charge < -0.3 is 28.4 Å². The Balaban J connectivity index is 2.38. The molecule has 0 fully saturated rings. The quantitative estimate of drug-likeness (QED) is 0.289. The van der Waals surface area contributed by atoms with Gasteiger partial charge in [-0.15, -0.1) is 0 Å². The Labute approximate surface area is 142 Å². The third kappa shape index (κ3) is 6.64. The monoisotopic (exact) mass is 342 g/mol. The number of ether oxygens (including phenoxy) is 6. The van der Waals surface area contributed by atoms with Crippen LogP contribution in [0.15, 0.2) is 24.3 Å². The second-order valence-electron chi connectivity index (χ2n) is 4.77. The lowest BCUT2D eigenvalue weighted by Crippen LogP contribution is -2.35. The molecule has 0 saturated heterocycles. The van der Waals surface area contributed by atoms with Gasteiger partial charge in [0.25, 0.3) is 0 Å². The number of hydrogen-bond donors (Lipinski definition) is 0. The Morgan fingerprint density at radius 3 is 1.88 bits per heavy atom. The summed E-state index contributed by atoms with van der Waals surface area (Å²) in [6.45, 7) is 2.72. The highest BCUT2D eigenvalue weighted by Gasteiger charge is 2.33. The molecule has 0 aliphatic carbocycles. The molecule has 0 N–H and O–H groups in total. The topological polar surface area (TPSA) is 72.5 Å². The molecule has 0 unspecified atom stereocenters. The van der Waals surface area contributed by atoms with Gasteiger partial charge in [0, 0.05) is 32.5 Å². The van der Waals surface area contributed by atoms with Gasteiger partial charge in [-0.05, 0) is 0 Å². The maximum absolute atomic E-state index is 10.7. The zero-order valence-electron chi connectivity index (χ0n) is 14.5. The number of hydrogen-bond acceptors (Lipinski definition) is 7. The van der Waals surface area contributed by atoms with Crippen molar-refractivity contribution in [2.24, 2.45) is 0 Å². The highest BCUT2D eigenvalue weighted by Crippen LogP contribution is 2.27. The summed E-state index contributed by atoms with van der Waals surface area (Å²) in [7, 11) is 4.60. The number of carbonyl (C=O) groups is 1. The fourth-order valence-corrected chi connectivity index (χ4v) is 1.99. The molecule has 0 heterocycles. The first-order valence-electron chi connectivity index (χ1n) is 7.66. The number of benzene rings is 1. The standard InChI is InChI=1S/C17H26O7/c1-19-8-9-22-10-11-23-12-13-24-17(20-2,21-3)16-6-4-15(14-18)5-7-16/h4-7,14H,8-13H2,1-3H3. The molecule has 0 aromatic heterocycles. The predicted octanol–water partition coefficient (Wildman–Crippen LogP) is 1.60. The van der Waals surface area contributed by atoms with Gasteiger partial charge in [0.05, 0.1) is 39.6 Å². The molecule has 0 saturated carbocycles. The predicted molar refractivity (Wildman–Crippen MR) is 87.0 cm³/mol. The van der Waals surface area contributed by atoms with Crippen LogP contribution in [-0.2, 0) is 34.4 Å². The fourth-order valence-electron chi connectivity index (χ4n) is 1.99. The molecule has 0 amide bonds. The molecular formula is C17H26O7. The molecule has 1 aromatic carbocycles. The lowest BCUT2D eigenvalue weighted by atomic mass is 10.1. The van der Waals surface area contributed by atoms with Crippen LogP contribution in [0.25, 0.3) is 0 Å². The fraction of sp³-hybridized carbons (Fsp3) is 0.588. The van der Waals surface area contributed by atoms with Crippen molar-refractivity contribution in [2.75, 3.05) is 61.0 Å². The number of aldehydes is 1. The van der Waals surface area contributed by atoms with Crippen LogP contribution in [0.5, 0.6) is 0 Å². The molecule has 0 aliphatic heterocycles. The molecule has 136 valence electrons. The summed E-state index contributed by atoms with van der Waals surface area (Å²) in [5.74, 6) is -1.33. The van der Waals surface area contributed by atoms with Crippen molar-refractivity contribution in [2.45, 2.75) is 5.97 Å². The summed E-state index contributed by atoms with van der Waals surface area (Å²) in [4.78, 5) is 10.7. The van der Waals surface area contributed by atoms with E-state index >= 15 is 0 Å². The van der Waals surface area contributed by atoms with E-state index < -0.39 is 5.97 Å². The van der Waals surface area contributed by atoms with Crippen LogP contribution in [0, 0.1) is 0 Å². The SMILES string of the molecule is COCCOCCOCCOC(OC)(OC)c1ccc(C=O)cc1. The Morgan fingerprint density at radius 2 is 1.38 bits per heavy atom. The molecular weight excluding hydrogens is 316 g/mol. The van der Waals surface area contributed by atoms with E-state index in [-0.39, 0.29) is 6.61 Å². The Morgan fingerprint density at radius 1 is 0.833 bits per heavy atom. The van der Waals surface area contributed by atoms with Gasteiger partial charge in [0.1, 0.15) is 6.29 Å². The first kappa shape index (κ1) is 20.7. The molecule has 0 aliphatic rings. The zero-order valence-corrected chi connectivity index (χ0v) is 14.5. The molecule has 0 bridgehead atoms. The van der Waals surface area contributed by atoms with E-state index in [9.17, 15) is 4.79 Å². The maximum Gasteiger partial charge on any atom is 0.311 e. The molecule has 24 heavy (non-hydrogen) atoms. The van der Waals surface area contributed by atoms with Crippen LogP contribution in [0.1, 0.15) is 15.9 Å². The summed E-state index contributed by atoms with van der Waals surface area (Å²) >= 11 is 0. The van der Waals surface area contributed by atoms with Gasteiger partial charge in [-0.1, -0.05) is 24.3 Å². The van der Waals surface area contributed by atoms with E-state index in [1.165, 1.54) is 14.2 Å². The molecule has 0 radical (unpaired) electrons. The summed E-state index contributed by atoms with van der Waals surface area (Å²) < 4.78 is 32.1. The largest absolute Gasteiger partial charge is 0.382 e. The van der Waals surface area contributed by atoms with Gasteiger partial charge in [-0.3, -0.25) is 4.79 Å². The van der Waals surface area contributed by atoms with Gasteiger partial charge in [0.2, 0.25) is 0 Å². The van der Waals surface area contributed by atoms with Crippen LogP contribution < -0.4 is 0 Å². The third-order valence-corrected chi connectivity index (χ3v) is 3.26. The van der Waals surface area contributed by atoms with Crippen molar-refractivity contribution in [1.82, 2.24) is 0 Å². The average molecular weight is 342 g/mol. The highest BCUT2D eigenvalue weighted by atomic mass is 16.9. The van der Waals surface area contributed by atoms with E-state index in [2.05, 4.69) is 0 Å². The van der Waals surface area contributed by atoms with Crippen LogP contribution in [0.2, 0.25) is 0 Å². The molecule has 7 nitrogen and oxygen atoms in total. The van der Waals surface area contributed by atoms with Crippen molar-refractivity contribution in [1.29, 1.82) is 0 Å². The lowest BCUT2D eigenvalue weighted by Gasteiger charge is -2.30. The zero-order chi connectivity index (χ0) is 17.7. The molecule has 1 rings (SSSR count). The molecule has 1 aromatic rings. The minimum absolute atomic E-state index is 0.273. The van der Waals surface area contributed by atoms with E-state index in [4.69, 9.17) is 28.4 Å². The molecule has 7 heteroatoms. The smallest absolute Gasteiger partial charge is 0.311 e. The van der Waals surface area contributed by atoms with Crippen LogP contribution in [0.3, 0.4) is 0 Å². The number of methoxy groups -OCH3 is 3.